The molecular formula is C11H17BrN2O2. The number of nitrogens with one attached hydrogen (secondary N) is 1. The zero-order chi connectivity index (χ0) is 12.0. The number of hydrazine groups is 1. The molecule has 0 bridgehead atoms. The third-order valence-electron chi connectivity index (χ3n) is 2.38. The van der Waals surface area contributed by atoms with E-state index in [1.807, 2.05) is 24.3 Å². The van der Waals surface area contributed by atoms with E-state index >= 15 is 0 Å². The van der Waals surface area contributed by atoms with Crippen LogP contribution in [0.15, 0.2) is 28.7 Å². The van der Waals surface area contributed by atoms with Crippen molar-refractivity contribution in [2.24, 2.45) is 5.84 Å². The van der Waals surface area contributed by atoms with Gasteiger partial charge >= 0.3 is 0 Å². The molecule has 0 aliphatic rings. The van der Waals surface area contributed by atoms with E-state index in [1.165, 1.54) is 5.56 Å². The fraction of sp³-hybridized carbons (Fsp3) is 0.455. The van der Waals surface area contributed by atoms with Crippen molar-refractivity contribution < 1.29 is 9.47 Å². The first-order valence-corrected chi connectivity index (χ1v) is 5.76. The highest BCUT2D eigenvalue weighted by Crippen LogP contribution is 2.13. The van der Waals surface area contributed by atoms with Crippen molar-refractivity contribution in [3.8, 4) is 0 Å². The maximum Gasteiger partial charge on any atom is 0.173 e. The number of rotatable bonds is 6. The summed E-state index contributed by atoms with van der Waals surface area (Å²) in [7, 11) is 3.19. The van der Waals surface area contributed by atoms with Crippen molar-refractivity contribution >= 4 is 15.9 Å². The van der Waals surface area contributed by atoms with E-state index in [0.29, 0.717) is 0 Å². The molecule has 90 valence electrons. The van der Waals surface area contributed by atoms with Crippen LogP contribution in [0.4, 0.5) is 0 Å². The summed E-state index contributed by atoms with van der Waals surface area (Å²) in [5, 5.41) is 0. The molecule has 1 rings (SSSR count). The molecular weight excluding hydrogens is 272 g/mol. The highest BCUT2D eigenvalue weighted by Gasteiger charge is 2.19. The molecule has 0 amide bonds. The number of methoxy groups -OCH3 is 2. The van der Waals surface area contributed by atoms with Gasteiger partial charge in [-0.1, -0.05) is 28.1 Å². The van der Waals surface area contributed by atoms with Crippen LogP contribution in [0, 0.1) is 0 Å². The number of benzene rings is 1. The molecule has 0 aromatic heterocycles. The number of hydrogen-bond donors (Lipinski definition) is 2. The lowest BCUT2D eigenvalue weighted by Crippen LogP contribution is -2.47. The van der Waals surface area contributed by atoms with Crippen LogP contribution in [0.3, 0.4) is 0 Å². The first kappa shape index (κ1) is 13.6. The fourth-order valence-electron chi connectivity index (χ4n) is 1.53. The Morgan fingerprint density at radius 3 is 2.25 bits per heavy atom. The predicted molar refractivity (Wildman–Crippen MR) is 66.8 cm³/mol. The monoisotopic (exact) mass is 288 g/mol. The Balaban J connectivity index is 2.65. The van der Waals surface area contributed by atoms with Crippen molar-refractivity contribution in [1.29, 1.82) is 0 Å². The summed E-state index contributed by atoms with van der Waals surface area (Å²) in [6.45, 7) is 0. The van der Waals surface area contributed by atoms with Crippen molar-refractivity contribution in [1.82, 2.24) is 5.43 Å². The topological polar surface area (TPSA) is 56.5 Å². The lowest BCUT2D eigenvalue weighted by Gasteiger charge is -2.23. The SMILES string of the molecule is COC(OC)C(Cc1ccc(Br)cc1)NN. The summed E-state index contributed by atoms with van der Waals surface area (Å²) in [6, 6.07) is 8.00. The van der Waals surface area contributed by atoms with Gasteiger partial charge in [0.05, 0.1) is 6.04 Å². The Bertz CT molecular complexity index is 301. The summed E-state index contributed by atoms with van der Waals surface area (Å²) in [4.78, 5) is 0. The molecule has 3 N–H and O–H groups in total. The minimum absolute atomic E-state index is 0.0730. The summed E-state index contributed by atoms with van der Waals surface area (Å²) in [6.07, 6.45) is 0.393. The van der Waals surface area contributed by atoms with Crippen LogP contribution in [-0.2, 0) is 15.9 Å². The van der Waals surface area contributed by atoms with Gasteiger partial charge in [-0.25, -0.2) is 0 Å². The van der Waals surface area contributed by atoms with Gasteiger partial charge in [-0.15, -0.1) is 0 Å². The molecule has 5 heteroatoms. The zero-order valence-electron chi connectivity index (χ0n) is 9.44. The van der Waals surface area contributed by atoms with Crippen molar-refractivity contribution in [2.45, 2.75) is 18.8 Å². The number of nitrogens with two attached hydrogens (primary N) is 1. The molecule has 16 heavy (non-hydrogen) atoms. The van der Waals surface area contributed by atoms with Gasteiger partial charge < -0.3 is 9.47 Å². The molecule has 0 saturated heterocycles. The van der Waals surface area contributed by atoms with Gasteiger partial charge in [0.1, 0.15) is 0 Å². The van der Waals surface area contributed by atoms with Crippen molar-refractivity contribution in [2.75, 3.05) is 14.2 Å². The second kappa shape index (κ2) is 6.98. The highest BCUT2D eigenvalue weighted by molar-refractivity contribution is 9.10. The first-order chi connectivity index (χ1) is 7.71. The quantitative estimate of drug-likeness (QED) is 0.473. The van der Waals surface area contributed by atoms with Crippen molar-refractivity contribution in [3.63, 3.8) is 0 Å². The van der Waals surface area contributed by atoms with Crippen LogP contribution in [0.5, 0.6) is 0 Å². The Morgan fingerprint density at radius 1 is 1.25 bits per heavy atom. The third kappa shape index (κ3) is 3.84. The third-order valence-corrected chi connectivity index (χ3v) is 2.90. The molecule has 0 aliphatic heterocycles. The normalized spacial score (nSPS) is 13.1. The maximum absolute atomic E-state index is 5.48. The largest absolute Gasteiger partial charge is 0.354 e. The average Bonchev–Trinajstić information content (AvgIpc) is 2.32. The van der Waals surface area contributed by atoms with Crippen molar-refractivity contribution in [3.05, 3.63) is 34.3 Å². The minimum atomic E-state index is -0.353. The molecule has 0 aliphatic carbocycles. The molecule has 1 aromatic carbocycles. The smallest absolute Gasteiger partial charge is 0.173 e. The predicted octanol–water partition coefficient (Wildman–Crippen LogP) is 1.44. The molecule has 0 fully saturated rings. The van der Waals surface area contributed by atoms with E-state index in [0.717, 1.165) is 10.9 Å². The maximum atomic E-state index is 5.48. The van der Waals surface area contributed by atoms with E-state index < -0.39 is 0 Å². The standard InChI is InChI=1S/C11H17BrN2O2/c1-15-11(16-2)10(14-13)7-8-3-5-9(12)6-4-8/h3-6,10-11,14H,7,13H2,1-2H3. The number of hydrogen-bond acceptors (Lipinski definition) is 4. The first-order valence-electron chi connectivity index (χ1n) is 4.97. The van der Waals surface area contributed by atoms with E-state index in [2.05, 4.69) is 21.4 Å². The van der Waals surface area contributed by atoms with Crippen LogP contribution in [0.2, 0.25) is 0 Å². The van der Waals surface area contributed by atoms with E-state index in [4.69, 9.17) is 15.3 Å². The van der Waals surface area contributed by atoms with E-state index in [1.54, 1.807) is 14.2 Å². The molecule has 1 atom stereocenters. The summed E-state index contributed by atoms with van der Waals surface area (Å²) < 4.78 is 11.4. The van der Waals surface area contributed by atoms with E-state index in [9.17, 15) is 0 Å². The van der Waals surface area contributed by atoms with Gasteiger partial charge in [0, 0.05) is 18.7 Å². The molecule has 0 radical (unpaired) electrons. The summed E-state index contributed by atoms with van der Waals surface area (Å²) in [5.41, 5.74) is 3.88. The zero-order valence-corrected chi connectivity index (χ0v) is 11.0. The number of ether oxygens (including phenoxy) is 2. The van der Waals surface area contributed by atoms with Crippen LogP contribution >= 0.6 is 15.9 Å². The van der Waals surface area contributed by atoms with Gasteiger partial charge in [0.15, 0.2) is 6.29 Å². The molecule has 0 spiro atoms. The molecule has 0 saturated carbocycles. The van der Waals surface area contributed by atoms with Crippen LogP contribution in [0.1, 0.15) is 5.56 Å². The fourth-order valence-corrected chi connectivity index (χ4v) is 1.80. The summed E-state index contributed by atoms with van der Waals surface area (Å²) in [5.74, 6) is 5.48. The lowest BCUT2D eigenvalue weighted by molar-refractivity contribution is -0.122. The second-order valence-electron chi connectivity index (χ2n) is 3.44. The van der Waals surface area contributed by atoms with Gasteiger partial charge in [-0.3, -0.25) is 11.3 Å². The molecule has 0 heterocycles. The Kier molecular flexibility index (Phi) is 5.94. The van der Waals surface area contributed by atoms with Crippen LogP contribution in [0.25, 0.3) is 0 Å². The molecule has 1 aromatic rings. The lowest BCUT2D eigenvalue weighted by atomic mass is 10.1. The summed E-state index contributed by atoms with van der Waals surface area (Å²) >= 11 is 3.40. The van der Waals surface area contributed by atoms with Crippen LogP contribution in [-0.4, -0.2) is 26.6 Å². The van der Waals surface area contributed by atoms with Gasteiger partial charge in [-0.2, -0.15) is 0 Å². The van der Waals surface area contributed by atoms with Crippen LogP contribution < -0.4 is 11.3 Å². The number of halogens is 1. The minimum Gasteiger partial charge on any atom is -0.354 e. The van der Waals surface area contributed by atoms with Gasteiger partial charge in [-0.05, 0) is 24.1 Å². The Hall–Kier alpha value is -0.460. The highest BCUT2D eigenvalue weighted by atomic mass is 79.9. The Morgan fingerprint density at radius 2 is 1.81 bits per heavy atom. The molecule has 4 nitrogen and oxygen atoms in total. The second-order valence-corrected chi connectivity index (χ2v) is 4.36. The average molecular weight is 289 g/mol. The van der Waals surface area contributed by atoms with E-state index in [-0.39, 0.29) is 12.3 Å². The molecule has 1 unspecified atom stereocenters. The van der Waals surface area contributed by atoms with Gasteiger partial charge in [0.25, 0.3) is 0 Å². The Labute approximate surface area is 104 Å². The van der Waals surface area contributed by atoms with Gasteiger partial charge in [0.2, 0.25) is 0 Å².